The van der Waals surface area contributed by atoms with Crippen LogP contribution < -0.4 is 4.90 Å². The second kappa shape index (κ2) is 4.49. The molecule has 2 rings (SSSR count). The zero-order valence-corrected chi connectivity index (χ0v) is 11.5. The van der Waals surface area contributed by atoms with E-state index < -0.39 is 0 Å². The second-order valence-corrected chi connectivity index (χ2v) is 5.50. The average molecular weight is 330 g/mol. The third kappa shape index (κ3) is 2.49. The molecule has 0 amide bonds. The van der Waals surface area contributed by atoms with Gasteiger partial charge in [-0.05, 0) is 34.7 Å². The summed E-state index contributed by atoms with van der Waals surface area (Å²) < 4.78 is 1.25. The molecule has 1 aromatic heterocycles. The van der Waals surface area contributed by atoms with Gasteiger partial charge in [0.25, 0.3) is 0 Å². The van der Waals surface area contributed by atoms with Crippen LogP contribution in [0, 0.1) is 3.57 Å². The lowest BCUT2D eigenvalue weighted by atomic mass is 10.2. The highest BCUT2D eigenvalue weighted by molar-refractivity contribution is 14.1. The van der Waals surface area contributed by atoms with E-state index in [1.54, 1.807) is 11.3 Å². The molecule has 15 heavy (non-hydrogen) atoms. The summed E-state index contributed by atoms with van der Waals surface area (Å²) in [4.78, 5) is 6.58. The Morgan fingerprint density at radius 3 is 2.40 bits per heavy atom. The van der Waals surface area contributed by atoms with E-state index >= 15 is 0 Å². The Bertz CT molecular complexity index is 448. The number of hydrogen-bond acceptors (Lipinski definition) is 3. The third-order valence-electron chi connectivity index (χ3n) is 2.01. The van der Waals surface area contributed by atoms with Crippen LogP contribution in [0.5, 0.6) is 0 Å². The molecule has 1 heterocycles. The number of thiazole rings is 1. The molecule has 0 fully saturated rings. The van der Waals surface area contributed by atoms with Gasteiger partial charge in [0.2, 0.25) is 0 Å². The fourth-order valence-corrected chi connectivity index (χ4v) is 2.35. The van der Waals surface area contributed by atoms with E-state index in [1.807, 2.05) is 19.0 Å². The summed E-state index contributed by atoms with van der Waals surface area (Å²) in [6.07, 6.45) is 0. The van der Waals surface area contributed by atoms with Crippen LogP contribution >= 0.6 is 33.9 Å². The van der Waals surface area contributed by atoms with E-state index in [2.05, 4.69) is 57.2 Å². The molecule has 2 nitrogen and oxygen atoms in total. The van der Waals surface area contributed by atoms with Crippen LogP contribution in [0.15, 0.2) is 29.6 Å². The number of hydrogen-bond donors (Lipinski definition) is 0. The SMILES string of the molecule is CN(C)c1nc(-c2ccc(I)cc2)cs1. The summed E-state index contributed by atoms with van der Waals surface area (Å²) in [7, 11) is 4.02. The molecule has 0 aliphatic heterocycles. The Morgan fingerprint density at radius 2 is 1.87 bits per heavy atom. The Morgan fingerprint density at radius 1 is 1.20 bits per heavy atom. The molecular weight excluding hydrogens is 319 g/mol. The normalized spacial score (nSPS) is 10.3. The number of rotatable bonds is 2. The Kier molecular flexibility index (Phi) is 3.25. The molecular formula is C11H11IN2S. The van der Waals surface area contributed by atoms with Crippen LogP contribution in [0.3, 0.4) is 0 Å². The van der Waals surface area contributed by atoms with E-state index in [9.17, 15) is 0 Å². The maximum Gasteiger partial charge on any atom is 0.185 e. The molecule has 0 spiro atoms. The minimum absolute atomic E-state index is 1.04. The number of halogens is 1. The summed E-state index contributed by atoms with van der Waals surface area (Å²) in [6, 6.07) is 8.42. The van der Waals surface area contributed by atoms with Crippen molar-refractivity contribution in [2.45, 2.75) is 0 Å². The zero-order chi connectivity index (χ0) is 10.8. The van der Waals surface area contributed by atoms with Gasteiger partial charge in [-0.3, -0.25) is 0 Å². The summed E-state index contributed by atoms with van der Waals surface area (Å²) in [5.41, 5.74) is 2.24. The van der Waals surface area contributed by atoms with Gasteiger partial charge in [-0.25, -0.2) is 4.98 Å². The molecule has 0 aliphatic carbocycles. The van der Waals surface area contributed by atoms with Crippen LogP contribution in [0.4, 0.5) is 5.13 Å². The Balaban J connectivity index is 2.33. The fraction of sp³-hybridized carbons (Fsp3) is 0.182. The van der Waals surface area contributed by atoms with Crippen molar-refractivity contribution in [3.05, 3.63) is 33.2 Å². The number of nitrogens with zero attached hydrogens (tertiary/aromatic N) is 2. The van der Waals surface area contributed by atoms with Crippen LogP contribution in [0.2, 0.25) is 0 Å². The second-order valence-electron chi connectivity index (χ2n) is 3.42. The van der Waals surface area contributed by atoms with Gasteiger partial charge in [0, 0.05) is 28.6 Å². The first kappa shape index (κ1) is 10.9. The third-order valence-corrected chi connectivity index (χ3v) is 3.74. The predicted molar refractivity (Wildman–Crippen MR) is 74.6 cm³/mol. The number of anilines is 1. The first-order chi connectivity index (χ1) is 7.16. The summed E-state index contributed by atoms with van der Waals surface area (Å²) in [5.74, 6) is 0. The van der Waals surface area contributed by atoms with Crippen LogP contribution in [-0.2, 0) is 0 Å². The van der Waals surface area contributed by atoms with Gasteiger partial charge >= 0.3 is 0 Å². The Hall–Kier alpha value is -0.620. The van der Waals surface area contributed by atoms with E-state index in [0.717, 1.165) is 10.8 Å². The number of aromatic nitrogens is 1. The minimum atomic E-state index is 1.04. The lowest BCUT2D eigenvalue weighted by molar-refractivity contribution is 1.11. The summed E-state index contributed by atoms with van der Waals surface area (Å²) in [5, 5.41) is 3.14. The van der Waals surface area contributed by atoms with E-state index in [1.165, 1.54) is 9.13 Å². The van der Waals surface area contributed by atoms with Gasteiger partial charge in [-0.15, -0.1) is 11.3 Å². The monoisotopic (exact) mass is 330 g/mol. The molecule has 0 radical (unpaired) electrons. The van der Waals surface area contributed by atoms with E-state index in [4.69, 9.17) is 0 Å². The van der Waals surface area contributed by atoms with Gasteiger partial charge in [-0.1, -0.05) is 12.1 Å². The van der Waals surface area contributed by atoms with Gasteiger partial charge in [0.15, 0.2) is 5.13 Å². The molecule has 0 bridgehead atoms. The van der Waals surface area contributed by atoms with Crippen molar-refractivity contribution < 1.29 is 0 Å². The maximum atomic E-state index is 4.55. The first-order valence-corrected chi connectivity index (χ1v) is 6.51. The maximum absolute atomic E-state index is 4.55. The molecule has 0 unspecified atom stereocenters. The van der Waals surface area contributed by atoms with Crippen molar-refractivity contribution in [1.82, 2.24) is 4.98 Å². The molecule has 0 saturated carbocycles. The number of benzene rings is 1. The van der Waals surface area contributed by atoms with Gasteiger partial charge < -0.3 is 4.90 Å². The van der Waals surface area contributed by atoms with Crippen LogP contribution in [0.25, 0.3) is 11.3 Å². The smallest absolute Gasteiger partial charge is 0.185 e. The summed E-state index contributed by atoms with van der Waals surface area (Å²) >= 11 is 3.98. The average Bonchev–Trinajstić information content (AvgIpc) is 2.68. The van der Waals surface area contributed by atoms with Gasteiger partial charge in [0.05, 0.1) is 5.69 Å². The fourth-order valence-electron chi connectivity index (χ4n) is 1.22. The van der Waals surface area contributed by atoms with E-state index in [-0.39, 0.29) is 0 Å². The standard InChI is InChI=1S/C11H11IN2S/c1-14(2)11-13-10(7-15-11)8-3-5-9(12)6-4-8/h3-7H,1-2H3. The van der Waals surface area contributed by atoms with Crippen LogP contribution in [-0.4, -0.2) is 19.1 Å². The lowest BCUT2D eigenvalue weighted by Gasteiger charge is -2.05. The van der Waals surface area contributed by atoms with Crippen LogP contribution in [0.1, 0.15) is 0 Å². The van der Waals surface area contributed by atoms with Gasteiger partial charge in [-0.2, -0.15) is 0 Å². The quantitative estimate of drug-likeness (QED) is 0.784. The predicted octanol–water partition coefficient (Wildman–Crippen LogP) is 3.48. The Labute approximate surface area is 107 Å². The highest BCUT2D eigenvalue weighted by Crippen LogP contribution is 2.26. The lowest BCUT2D eigenvalue weighted by Crippen LogP contribution is -2.07. The van der Waals surface area contributed by atoms with E-state index in [0.29, 0.717) is 0 Å². The van der Waals surface area contributed by atoms with Crippen molar-refractivity contribution in [1.29, 1.82) is 0 Å². The van der Waals surface area contributed by atoms with Crippen molar-refractivity contribution in [2.24, 2.45) is 0 Å². The first-order valence-electron chi connectivity index (χ1n) is 4.55. The highest BCUT2D eigenvalue weighted by Gasteiger charge is 2.05. The molecule has 2 aromatic rings. The van der Waals surface area contributed by atoms with Crippen molar-refractivity contribution in [3.63, 3.8) is 0 Å². The zero-order valence-electron chi connectivity index (χ0n) is 8.57. The largest absolute Gasteiger partial charge is 0.354 e. The molecule has 78 valence electrons. The highest BCUT2D eigenvalue weighted by atomic mass is 127. The summed E-state index contributed by atoms with van der Waals surface area (Å²) in [6.45, 7) is 0. The molecule has 4 heteroatoms. The van der Waals surface area contributed by atoms with Crippen molar-refractivity contribution in [3.8, 4) is 11.3 Å². The molecule has 0 N–H and O–H groups in total. The molecule has 0 aliphatic rings. The van der Waals surface area contributed by atoms with Crippen molar-refractivity contribution in [2.75, 3.05) is 19.0 Å². The topological polar surface area (TPSA) is 16.1 Å². The van der Waals surface area contributed by atoms with Crippen molar-refractivity contribution >= 4 is 39.1 Å². The molecule has 1 aromatic carbocycles. The van der Waals surface area contributed by atoms with Gasteiger partial charge in [0.1, 0.15) is 0 Å². The molecule has 0 saturated heterocycles. The molecule has 0 atom stereocenters. The minimum Gasteiger partial charge on any atom is -0.354 e.